The Bertz CT molecular complexity index is 270. The summed E-state index contributed by atoms with van der Waals surface area (Å²) in [5.41, 5.74) is 5.10. The summed E-state index contributed by atoms with van der Waals surface area (Å²) < 4.78 is 12.2. The average molecular weight is 156 g/mol. The first-order valence-electron chi connectivity index (χ1n) is 2.69. The van der Waals surface area contributed by atoms with Crippen molar-refractivity contribution < 1.29 is 9.60 Å². The van der Waals surface area contributed by atoms with E-state index in [2.05, 4.69) is 15.1 Å². The molecule has 0 radical (unpaired) electrons. The van der Waals surface area contributed by atoms with E-state index in [-0.39, 0.29) is 11.7 Å². The molecule has 5 nitrogen and oxygen atoms in total. The lowest BCUT2D eigenvalue weighted by atomic mass is 10.5. The maximum absolute atomic E-state index is 12.2. The molecule has 0 spiro atoms. The third kappa shape index (κ3) is 1.60. The van der Waals surface area contributed by atoms with Gasteiger partial charge < -0.3 is 10.9 Å². The van der Waals surface area contributed by atoms with E-state index in [1.165, 1.54) is 0 Å². The fraction of sp³-hybridized carbons (Fsp3) is 0. The Labute approximate surface area is 61.4 Å². The predicted molar refractivity (Wildman–Crippen MR) is 34.5 cm³/mol. The summed E-state index contributed by atoms with van der Waals surface area (Å²) in [4.78, 5) is 6.89. The van der Waals surface area contributed by atoms with Crippen molar-refractivity contribution in [3.63, 3.8) is 0 Å². The normalized spacial score (nSPS) is 11.5. The second-order valence-electron chi connectivity index (χ2n) is 1.71. The van der Waals surface area contributed by atoms with Crippen LogP contribution in [0.2, 0.25) is 0 Å². The molecular weight excluding hydrogens is 151 g/mol. The zero-order valence-electron chi connectivity index (χ0n) is 5.40. The second kappa shape index (κ2) is 2.91. The van der Waals surface area contributed by atoms with E-state index >= 15 is 0 Å². The summed E-state index contributed by atoms with van der Waals surface area (Å²) in [7, 11) is 0. The zero-order chi connectivity index (χ0) is 8.27. The molecule has 0 fully saturated rings. The molecule has 0 bridgehead atoms. The van der Waals surface area contributed by atoms with Crippen LogP contribution in [0.1, 0.15) is 5.82 Å². The minimum Gasteiger partial charge on any atom is -0.409 e. The number of amidine groups is 1. The van der Waals surface area contributed by atoms with Crippen LogP contribution in [-0.2, 0) is 0 Å². The van der Waals surface area contributed by atoms with Gasteiger partial charge in [0.25, 0.3) is 0 Å². The van der Waals surface area contributed by atoms with Crippen LogP contribution >= 0.6 is 0 Å². The second-order valence-corrected chi connectivity index (χ2v) is 1.71. The molecule has 0 saturated carbocycles. The minimum atomic E-state index is -0.570. The number of hydrogen-bond donors (Lipinski definition) is 2. The van der Waals surface area contributed by atoms with Gasteiger partial charge in [0.05, 0.1) is 12.4 Å². The highest BCUT2D eigenvalue weighted by atomic mass is 19.1. The molecule has 0 aromatic carbocycles. The van der Waals surface area contributed by atoms with Gasteiger partial charge in [0, 0.05) is 0 Å². The van der Waals surface area contributed by atoms with Gasteiger partial charge in [0.2, 0.25) is 5.84 Å². The number of nitrogens with zero attached hydrogens (tertiary/aromatic N) is 3. The summed E-state index contributed by atoms with van der Waals surface area (Å²) in [5, 5.41) is 10.8. The van der Waals surface area contributed by atoms with Crippen LogP contribution in [0.25, 0.3) is 0 Å². The zero-order valence-corrected chi connectivity index (χ0v) is 5.40. The first-order chi connectivity index (χ1) is 5.24. The van der Waals surface area contributed by atoms with Crippen LogP contribution in [0, 0.1) is 5.82 Å². The van der Waals surface area contributed by atoms with E-state index < -0.39 is 5.82 Å². The van der Waals surface area contributed by atoms with E-state index in [0.717, 1.165) is 12.4 Å². The standard InChI is InChI=1S/C5H5FN4O/c6-3-1-8-5(9-2-3)4(7)10-11/h1-2,11H,(H2,7,10). The molecular formula is C5H5FN4O. The van der Waals surface area contributed by atoms with Gasteiger partial charge in [-0.1, -0.05) is 5.16 Å². The van der Waals surface area contributed by atoms with Crippen molar-refractivity contribution in [3.8, 4) is 0 Å². The number of aromatic nitrogens is 2. The number of halogens is 1. The van der Waals surface area contributed by atoms with Crippen LogP contribution < -0.4 is 5.73 Å². The van der Waals surface area contributed by atoms with Crippen LogP contribution in [0.5, 0.6) is 0 Å². The highest BCUT2D eigenvalue weighted by Crippen LogP contribution is 1.91. The Balaban J connectivity index is 2.99. The summed E-state index contributed by atoms with van der Waals surface area (Å²) in [6.45, 7) is 0. The van der Waals surface area contributed by atoms with E-state index in [0.29, 0.717) is 0 Å². The van der Waals surface area contributed by atoms with Gasteiger partial charge in [-0.15, -0.1) is 0 Å². The van der Waals surface area contributed by atoms with E-state index in [9.17, 15) is 4.39 Å². The van der Waals surface area contributed by atoms with Crippen LogP contribution in [0.3, 0.4) is 0 Å². The Morgan fingerprint density at radius 1 is 1.55 bits per heavy atom. The first-order valence-corrected chi connectivity index (χ1v) is 2.69. The van der Waals surface area contributed by atoms with Crippen molar-refractivity contribution in [1.82, 2.24) is 9.97 Å². The van der Waals surface area contributed by atoms with Gasteiger partial charge in [-0.2, -0.15) is 0 Å². The van der Waals surface area contributed by atoms with Gasteiger partial charge >= 0.3 is 0 Å². The molecule has 0 atom stereocenters. The monoisotopic (exact) mass is 156 g/mol. The maximum atomic E-state index is 12.2. The fourth-order valence-corrected chi connectivity index (χ4v) is 0.489. The smallest absolute Gasteiger partial charge is 0.207 e. The van der Waals surface area contributed by atoms with Gasteiger partial charge in [-0.3, -0.25) is 0 Å². The van der Waals surface area contributed by atoms with E-state index in [1.54, 1.807) is 0 Å². The van der Waals surface area contributed by atoms with Gasteiger partial charge in [0.1, 0.15) is 0 Å². The van der Waals surface area contributed by atoms with Crippen LogP contribution in [0.4, 0.5) is 4.39 Å². The molecule has 6 heteroatoms. The third-order valence-electron chi connectivity index (χ3n) is 0.957. The van der Waals surface area contributed by atoms with Crippen molar-refractivity contribution in [3.05, 3.63) is 24.0 Å². The van der Waals surface area contributed by atoms with Crippen molar-refractivity contribution in [2.45, 2.75) is 0 Å². The van der Waals surface area contributed by atoms with Gasteiger partial charge in [0.15, 0.2) is 11.6 Å². The molecule has 1 aromatic rings. The first kappa shape index (κ1) is 7.39. The lowest BCUT2D eigenvalue weighted by Gasteiger charge is -1.93. The lowest BCUT2D eigenvalue weighted by Crippen LogP contribution is -2.16. The van der Waals surface area contributed by atoms with Crippen LogP contribution in [-0.4, -0.2) is 21.0 Å². The molecule has 0 unspecified atom stereocenters. The molecule has 3 N–H and O–H groups in total. The van der Waals surface area contributed by atoms with E-state index in [4.69, 9.17) is 10.9 Å². The Kier molecular flexibility index (Phi) is 1.95. The van der Waals surface area contributed by atoms with Gasteiger partial charge in [-0.25, -0.2) is 14.4 Å². The fourth-order valence-electron chi connectivity index (χ4n) is 0.489. The lowest BCUT2D eigenvalue weighted by molar-refractivity contribution is 0.318. The summed E-state index contributed by atoms with van der Waals surface area (Å²) in [5.74, 6) is -0.821. The SMILES string of the molecule is N/C(=N\O)c1ncc(F)cn1. The quantitative estimate of drug-likeness (QED) is 0.253. The summed E-state index contributed by atoms with van der Waals surface area (Å²) in [6.07, 6.45) is 1.86. The maximum Gasteiger partial charge on any atom is 0.207 e. The van der Waals surface area contributed by atoms with Gasteiger partial charge in [-0.05, 0) is 0 Å². The highest BCUT2D eigenvalue weighted by molar-refractivity contribution is 5.93. The van der Waals surface area contributed by atoms with E-state index in [1.807, 2.05) is 0 Å². The van der Waals surface area contributed by atoms with Crippen molar-refractivity contribution in [2.24, 2.45) is 10.9 Å². The number of hydrogen-bond acceptors (Lipinski definition) is 4. The Morgan fingerprint density at radius 2 is 2.09 bits per heavy atom. The molecule has 58 valence electrons. The summed E-state index contributed by atoms with van der Waals surface area (Å²) in [6, 6.07) is 0. The number of rotatable bonds is 1. The minimum absolute atomic E-state index is 0.00565. The van der Waals surface area contributed by atoms with Crippen molar-refractivity contribution >= 4 is 5.84 Å². The topological polar surface area (TPSA) is 84.4 Å². The molecule has 0 aliphatic rings. The Hall–Kier alpha value is -1.72. The Morgan fingerprint density at radius 3 is 2.55 bits per heavy atom. The molecule has 1 rings (SSSR count). The number of nitrogens with two attached hydrogens (primary N) is 1. The van der Waals surface area contributed by atoms with Crippen LogP contribution in [0.15, 0.2) is 17.5 Å². The molecule has 0 amide bonds. The predicted octanol–water partition coefficient (Wildman–Crippen LogP) is -0.290. The molecule has 11 heavy (non-hydrogen) atoms. The molecule has 1 heterocycles. The number of oxime groups is 1. The molecule has 0 aliphatic heterocycles. The highest BCUT2D eigenvalue weighted by Gasteiger charge is 2.00. The van der Waals surface area contributed by atoms with Crippen molar-refractivity contribution in [2.75, 3.05) is 0 Å². The molecule has 1 aromatic heterocycles. The molecule has 0 saturated heterocycles. The molecule has 0 aliphatic carbocycles. The van der Waals surface area contributed by atoms with Crippen molar-refractivity contribution in [1.29, 1.82) is 0 Å². The summed E-state index contributed by atoms with van der Waals surface area (Å²) >= 11 is 0. The third-order valence-corrected chi connectivity index (χ3v) is 0.957. The average Bonchev–Trinajstić information content (AvgIpc) is 2.05. The largest absolute Gasteiger partial charge is 0.409 e.